The number of hydrogen-bond acceptors (Lipinski definition) is 5. The number of nitrogens with zero attached hydrogens (tertiary/aromatic N) is 3. The number of aryl methyl sites for hydroxylation is 2. The first-order valence-electron chi connectivity index (χ1n) is 12.6. The minimum Gasteiger partial charge on any atom is -0.390 e. The highest BCUT2D eigenvalue weighted by Crippen LogP contribution is 2.21. The lowest BCUT2D eigenvalue weighted by molar-refractivity contribution is 0.0830. The molecule has 0 radical (unpaired) electrons. The maximum Gasteiger partial charge on any atom is 0.253 e. The molecular weight excluding hydrogens is 524 g/mol. The second-order valence-electron chi connectivity index (χ2n) is 9.34. The molecule has 3 N–H and O–H groups in total. The fourth-order valence-corrected chi connectivity index (χ4v) is 4.58. The summed E-state index contributed by atoms with van der Waals surface area (Å²) in [6, 6.07) is 15.2. The zero-order chi connectivity index (χ0) is 27.9. The number of rotatable bonds is 11. The van der Waals surface area contributed by atoms with Crippen LogP contribution in [0.25, 0.3) is 5.69 Å². The van der Waals surface area contributed by atoms with Crippen molar-refractivity contribution in [2.24, 2.45) is 0 Å². The number of nitrogens with one attached hydrogen (secondary N) is 2. The van der Waals surface area contributed by atoms with Crippen molar-refractivity contribution in [3.63, 3.8) is 0 Å². The molecule has 0 aliphatic carbocycles. The number of aliphatic hydroxyl groups excluding tert-OH is 1. The first kappa shape index (κ1) is 28.4. The van der Waals surface area contributed by atoms with Gasteiger partial charge in [-0.3, -0.25) is 9.36 Å². The van der Waals surface area contributed by atoms with E-state index in [0.717, 1.165) is 18.1 Å². The van der Waals surface area contributed by atoms with Gasteiger partial charge in [-0.1, -0.05) is 42.8 Å². The van der Waals surface area contributed by atoms with E-state index in [4.69, 9.17) is 11.6 Å². The van der Waals surface area contributed by atoms with E-state index in [-0.39, 0.29) is 18.5 Å². The highest BCUT2D eigenvalue weighted by atomic mass is 35.5. The van der Waals surface area contributed by atoms with Crippen LogP contribution in [0.1, 0.15) is 39.8 Å². The summed E-state index contributed by atoms with van der Waals surface area (Å²) in [6.45, 7) is 4.46. The van der Waals surface area contributed by atoms with E-state index >= 15 is 0 Å². The van der Waals surface area contributed by atoms with Gasteiger partial charge in [0.25, 0.3) is 5.91 Å². The van der Waals surface area contributed by atoms with Crippen LogP contribution in [0.5, 0.6) is 0 Å². The normalized spacial score (nSPS) is 12.8. The number of hydrogen-bond donors (Lipinski definition) is 3. The molecule has 2 atom stereocenters. The molecular formula is C29H30ClF2N5O2. The summed E-state index contributed by atoms with van der Waals surface area (Å²) in [7, 11) is 0. The van der Waals surface area contributed by atoms with Gasteiger partial charge in [0.1, 0.15) is 23.8 Å². The van der Waals surface area contributed by atoms with E-state index in [9.17, 15) is 18.7 Å². The number of aliphatic hydroxyl groups is 1. The summed E-state index contributed by atoms with van der Waals surface area (Å²) in [6.07, 6.45) is 1.31. The second kappa shape index (κ2) is 12.9. The van der Waals surface area contributed by atoms with Crippen molar-refractivity contribution in [3.05, 3.63) is 112 Å². The van der Waals surface area contributed by atoms with Crippen LogP contribution in [-0.4, -0.2) is 44.5 Å². The third-order valence-corrected chi connectivity index (χ3v) is 6.66. The van der Waals surface area contributed by atoms with Gasteiger partial charge in [-0.15, -0.1) is 10.2 Å². The largest absolute Gasteiger partial charge is 0.390 e. The molecule has 0 fully saturated rings. The first-order valence-corrected chi connectivity index (χ1v) is 13.0. The van der Waals surface area contributed by atoms with Gasteiger partial charge in [0, 0.05) is 24.2 Å². The van der Waals surface area contributed by atoms with Crippen molar-refractivity contribution in [2.75, 3.05) is 6.54 Å². The molecule has 0 spiro atoms. The monoisotopic (exact) mass is 553 g/mol. The molecule has 1 heterocycles. The number of benzene rings is 3. The third kappa shape index (κ3) is 7.47. The molecule has 4 rings (SSSR count). The summed E-state index contributed by atoms with van der Waals surface area (Å²) in [5.74, 6) is -1.43. The maximum atomic E-state index is 13.9. The lowest BCUT2D eigenvalue weighted by atomic mass is 9.99. The van der Waals surface area contributed by atoms with Gasteiger partial charge in [-0.05, 0) is 66.8 Å². The van der Waals surface area contributed by atoms with E-state index < -0.39 is 29.7 Å². The van der Waals surface area contributed by atoms with Crippen molar-refractivity contribution in [1.29, 1.82) is 0 Å². The smallest absolute Gasteiger partial charge is 0.253 e. The molecule has 0 bridgehead atoms. The minimum atomic E-state index is -1.08. The maximum absolute atomic E-state index is 13.9. The Bertz CT molecular complexity index is 1420. The van der Waals surface area contributed by atoms with Crippen LogP contribution in [0.4, 0.5) is 8.78 Å². The topological polar surface area (TPSA) is 92.1 Å². The second-order valence-corrected chi connectivity index (χ2v) is 9.78. The highest BCUT2D eigenvalue weighted by molar-refractivity contribution is 6.31. The summed E-state index contributed by atoms with van der Waals surface area (Å²) in [5, 5.41) is 25.4. The fourth-order valence-electron chi connectivity index (χ4n) is 4.41. The quantitative estimate of drug-likeness (QED) is 0.253. The Morgan fingerprint density at radius 1 is 1.05 bits per heavy atom. The molecule has 0 aliphatic rings. The molecule has 0 saturated heterocycles. The van der Waals surface area contributed by atoms with Crippen LogP contribution in [0, 0.1) is 18.6 Å². The summed E-state index contributed by atoms with van der Waals surface area (Å²) >= 11 is 6.21. The van der Waals surface area contributed by atoms with Crippen LogP contribution in [-0.2, 0) is 19.4 Å². The highest BCUT2D eigenvalue weighted by Gasteiger charge is 2.25. The van der Waals surface area contributed by atoms with E-state index in [2.05, 4.69) is 33.8 Å². The zero-order valence-corrected chi connectivity index (χ0v) is 22.4. The minimum absolute atomic E-state index is 0.00383. The van der Waals surface area contributed by atoms with Gasteiger partial charge in [-0.2, -0.15) is 0 Å². The van der Waals surface area contributed by atoms with Gasteiger partial charge >= 0.3 is 0 Å². The zero-order valence-electron chi connectivity index (χ0n) is 21.7. The van der Waals surface area contributed by atoms with E-state index in [1.807, 2.05) is 18.2 Å². The average molecular weight is 554 g/mol. The first-order chi connectivity index (χ1) is 18.7. The van der Waals surface area contributed by atoms with Crippen LogP contribution in [0.15, 0.2) is 67.0 Å². The standard InChI is InChI=1S/C29H30ClF2N5O2/c1-3-19-5-4-6-20(9-19)15-33-16-28(38)26(12-21-10-23(31)14-24(32)11-21)35-29(39)25-13-22(30)7-8-27(25)37-17-34-36-18(37)2/h4-11,13-14,17,26,28,33,38H,3,12,15-16H2,1-2H3,(H,35,39)/t26-,28-/m0/s1. The number of amides is 1. The average Bonchev–Trinajstić information content (AvgIpc) is 3.33. The third-order valence-electron chi connectivity index (χ3n) is 6.42. The molecule has 7 nitrogen and oxygen atoms in total. The van der Waals surface area contributed by atoms with Crippen molar-refractivity contribution in [2.45, 2.75) is 45.4 Å². The summed E-state index contributed by atoms with van der Waals surface area (Å²) < 4.78 is 29.5. The van der Waals surface area contributed by atoms with E-state index in [1.54, 1.807) is 23.6 Å². The lowest BCUT2D eigenvalue weighted by Crippen LogP contribution is -2.48. The molecule has 3 aromatic carbocycles. The van der Waals surface area contributed by atoms with Crippen molar-refractivity contribution in [3.8, 4) is 5.69 Å². The molecule has 0 aliphatic heterocycles. The Hall–Kier alpha value is -3.66. The Balaban J connectivity index is 1.56. The molecule has 1 aromatic heterocycles. The summed E-state index contributed by atoms with van der Waals surface area (Å²) in [4.78, 5) is 13.5. The van der Waals surface area contributed by atoms with Crippen molar-refractivity contribution < 1.29 is 18.7 Å². The van der Waals surface area contributed by atoms with Crippen LogP contribution in [0.2, 0.25) is 5.02 Å². The Morgan fingerprint density at radius 2 is 1.79 bits per heavy atom. The Labute approximate surface area is 230 Å². The van der Waals surface area contributed by atoms with Crippen LogP contribution < -0.4 is 10.6 Å². The number of halogens is 3. The van der Waals surface area contributed by atoms with Gasteiger partial charge in [-0.25, -0.2) is 8.78 Å². The molecule has 39 heavy (non-hydrogen) atoms. The van der Waals surface area contributed by atoms with Gasteiger partial charge in [0.2, 0.25) is 0 Å². The SMILES string of the molecule is CCc1cccc(CNC[C@H](O)[C@H](Cc2cc(F)cc(F)c2)NC(=O)c2cc(Cl)ccc2-n2cnnc2C)c1. The Morgan fingerprint density at radius 3 is 2.49 bits per heavy atom. The van der Waals surface area contributed by atoms with E-state index in [0.29, 0.717) is 28.6 Å². The molecule has 4 aromatic rings. The fraction of sp³-hybridized carbons (Fsp3) is 0.276. The predicted octanol–water partition coefficient (Wildman–Crippen LogP) is 4.56. The van der Waals surface area contributed by atoms with Crippen molar-refractivity contribution in [1.82, 2.24) is 25.4 Å². The number of carbonyl (C=O) groups excluding carboxylic acids is 1. The predicted molar refractivity (Wildman–Crippen MR) is 146 cm³/mol. The van der Waals surface area contributed by atoms with E-state index in [1.165, 1.54) is 30.1 Å². The van der Waals surface area contributed by atoms with Gasteiger partial charge in [0.15, 0.2) is 0 Å². The number of aromatic nitrogens is 3. The Kier molecular flexibility index (Phi) is 9.40. The van der Waals surface area contributed by atoms with Crippen LogP contribution in [0.3, 0.4) is 0 Å². The van der Waals surface area contributed by atoms with Gasteiger partial charge < -0.3 is 15.7 Å². The molecule has 1 amide bonds. The molecule has 10 heteroatoms. The van der Waals surface area contributed by atoms with Gasteiger partial charge in [0.05, 0.1) is 23.4 Å². The van der Waals surface area contributed by atoms with Crippen molar-refractivity contribution >= 4 is 17.5 Å². The lowest BCUT2D eigenvalue weighted by Gasteiger charge is -2.25. The molecule has 204 valence electrons. The van der Waals surface area contributed by atoms with Crippen LogP contribution >= 0.6 is 11.6 Å². The summed E-state index contributed by atoms with van der Waals surface area (Å²) in [5.41, 5.74) is 3.29. The number of carbonyl (C=O) groups is 1. The molecule has 0 unspecified atom stereocenters. The molecule has 0 saturated carbocycles.